The quantitative estimate of drug-likeness (QED) is 0.280. The SMILES string of the molecule is [2H]C([2H])([2H])n1c(=O)n([C@@H]2CC[C@@]([2H])(NC(=O)OC)C2)c2cc(Nc3ccc4c(N5CCOCC5)nn([C@@]5(C(N)=O)C[C@@H]5C)c4n3)ncc21. The predicted octanol–water partition coefficient (Wildman–Crippen LogP) is 1.73. The summed E-state index contributed by atoms with van der Waals surface area (Å²) in [6, 6.07) is 3.20. The van der Waals surface area contributed by atoms with Crippen molar-refractivity contribution in [3.8, 4) is 0 Å². The molecule has 2 aliphatic carbocycles. The van der Waals surface area contributed by atoms with Gasteiger partial charge in [-0.25, -0.2) is 24.2 Å². The van der Waals surface area contributed by atoms with Crippen LogP contribution in [0.1, 0.15) is 44.1 Å². The number of hydrogen-bond acceptors (Lipinski definition) is 10. The highest BCUT2D eigenvalue weighted by atomic mass is 16.5. The highest BCUT2D eigenvalue weighted by molar-refractivity contribution is 5.94. The molecule has 4 N–H and O–H groups in total. The molecule has 3 fully saturated rings. The summed E-state index contributed by atoms with van der Waals surface area (Å²) in [7, 11) is 1.20. The van der Waals surface area contributed by atoms with Crippen LogP contribution in [-0.2, 0) is 26.8 Å². The first-order chi connectivity index (χ1) is 22.8. The highest BCUT2D eigenvalue weighted by Gasteiger charge is 2.60. The second-order valence-corrected chi connectivity index (χ2v) is 11.6. The van der Waals surface area contributed by atoms with Gasteiger partial charge in [-0.15, -0.1) is 0 Å². The summed E-state index contributed by atoms with van der Waals surface area (Å²) < 4.78 is 46.7. The lowest BCUT2D eigenvalue weighted by molar-refractivity contribution is -0.123. The first kappa shape index (κ1) is 23.8. The van der Waals surface area contributed by atoms with Crippen molar-refractivity contribution in [3.63, 3.8) is 0 Å². The third-order valence-corrected chi connectivity index (χ3v) is 9.01. The average molecular weight is 609 g/mol. The fourth-order valence-corrected chi connectivity index (χ4v) is 6.52. The number of imidazole rings is 1. The molecule has 0 bridgehead atoms. The Morgan fingerprint density at radius 1 is 1.23 bits per heavy atom. The van der Waals surface area contributed by atoms with Gasteiger partial charge in [0.15, 0.2) is 11.5 Å². The Morgan fingerprint density at radius 3 is 2.73 bits per heavy atom. The van der Waals surface area contributed by atoms with Gasteiger partial charge in [-0.3, -0.25) is 13.9 Å². The van der Waals surface area contributed by atoms with E-state index in [4.69, 9.17) is 26.0 Å². The summed E-state index contributed by atoms with van der Waals surface area (Å²) in [6.45, 7) is 1.51. The van der Waals surface area contributed by atoms with Crippen LogP contribution in [0, 0.1) is 5.92 Å². The Morgan fingerprint density at radius 2 is 2.02 bits per heavy atom. The van der Waals surface area contributed by atoms with E-state index in [0.29, 0.717) is 66.5 Å². The summed E-state index contributed by atoms with van der Waals surface area (Å²) in [6.07, 6.45) is 1.70. The molecular formula is C29H36N10O5. The molecule has 0 unspecified atom stereocenters. The van der Waals surface area contributed by atoms with Crippen LogP contribution in [0.3, 0.4) is 0 Å². The van der Waals surface area contributed by atoms with Gasteiger partial charge in [-0.2, -0.15) is 5.10 Å². The van der Waals surface area contributed by atoms with Crippen LogP contribution in [0.5, 0.6) is 0 Å². The lowest BCUT2D eigenvalue weighted by Crippen LogP contribution is -2.38. The van der Waals surface area contributed by atoms with Crippen LogP contribution in [0.4, 0.5) is 22.2 Å². The van der Waals surface area contributed by atoms with Crippen LogP contribution >= 0.6 is 0 Å². The molecule has 4 atom stereocenters. The van der Waals surface area contributed by atoms with Gasteiger partial charge < -0.3 is 30.7 Å². The number of aryl methyl sites for hydroxylation is 1. The maximum atomic E-state index is 13.7. The number of nitrogens with zero attached hydrogens (tertiary/aromatic N) is 7. The molecule has 1 saturated heterocycles. The third-order valence-electron chi connectivity index (χ3n) is 9.01. The number of carbonyl (C=O) groups is 2. The Labute approximate surface area is 257 Å². The summed E-state index contributed by atoms with van der Waals surface area (Å²) in [5.74, 6) is 0.817. The first-order valence-corrected chi connectivity index (χ1v) is 14.6. The number of fused-ring (bicyclic) bond motifs is 2. The molecule has 7 rings (SSSR count). The number of rotatable bonds is 7. The number of ether oxygens (including phenoxy) is 2. The van der Waals surface area contributed by atoms with Gasteiger partial charge in [-0.05, 0) is 43.7 Å². The molecule has 2 saturated carbocycles. The van der Waals surface area contributed by atoms with E-state index in [1.54, 1.807) is 16.8 Å². The van der Waals surface area contributed by atoms with Crippen LogP contribution in [0.25, 0.3) is 22.1 Å². The molecule has 1 aliphatic heterocycles. The zero-order chi connectivity index (χ0) is 34.2. The molecule has 15 heteroatoms. The van der Waals surface area contributed by atoms with E-state index in [1.807, 2.05) is 13.0 Å². The average Bonchev–Trinajstić information content (AvgIpc) is 3.28. The van der Waals surface area contributed by atoms with Gasteiger partial charge in [0.25, 0.3) is 0 Å². The van der Waals surface area contributed by atoms with E-state index in [0.717, 1.165) is 5.39 Å². The van der Waals surface area contributed by atoms with Crippen molar-refractivity contribution in [1.82, 2.24) is 34.2 Å². The van der Waals surface area contributed by atoms with Crippen molar-refractivity contribution in [2.24, 2.45) is 18.6 Å². The third kappa shape index (κ3) is 4.44. The fraction of sp³-hybridized carbons (Fsp3) is 0.517. The predicted molar refractivity (Wildman–Crippen MR) is 162 cm³/mol. The zero-order valence-electron chi connectivity index (χ0n) is 28.4. The number of aromatic nitrogens is 6. The lowest BCUT2D eigenvalue weighted by Gasteiger charge is -2.27. The normalized spacial score (nSPS) is 28.3. The molecule has 0 aromatic carbocycles. The van der Waals surface area contributed by atoms with E-state index in [-0.39, 0.29) is 30.1 Å². The van der Waals surface area contributed by atoms with Gasteiger partial charge >= 0.3 is 11.8 Å². The number of nitrogens with two attached hydrogens (primary N) is 1. The van der Waals surface area contributed by atoms with Gasteiger partial charge in [0.05, 0.1) is 44.3 Å². The molecule has 44 heavy (non-hydrogen) atoms. The smallest absolute Gasteiger partial charge is 0.407 e. The van der Waals surface area contributed by atoms with Gasteiger partial charge in [-0.1, -0.05) is 6.92 Å². The molecule has 2 amide bonds. The van der Waals surface area contributed by atoms with Crippen molar-refractivity contribution in [3.05, 3.63) is 34.9 Å². The van der Waals surface area contributed by atoms with Gasteiger partial charge in [0.2, 0.25) is 5.91 Å². The number of methoxy groups -OCH3 is 1. The number of anilines is 3. The number of amides is 2. The topological polar surface area (TPSA) is 176 Å². The van der Waals surface area contributed by atoms with Crippen LogP contribution in [-0.4, -0.2) is 80.3 Å². The van der Waals surface area contributed by atoms with Crippen LogP contribution < -0.4 is 27.0 Å². The summed E-state index contributed by atoms with van der Waals surface area (Å²) in [5, 5.41) is 11.3. The highest BCUT2D eigenvalue weighted by Crippen LogP contribution is 2.51. The minimum absolute atomic E-state index is 0.0296. The van der Waals surface area contributed by atoms with E-state index < -0.39 is 42.3 Å². The number of primary amides is 1. The summed E-state index contributed by atoms with van der Waals surface area (Å²) in [5.41, 5.74) is 4.99. The maximum absolute atomic E-state index is 13.7. The van der Waals surface area contributed by atoms with Crippen LogP contribution in [0.2, 0.25) is 0 Å². The number of nitrogens with one attached hydrogen (secondary N) is 2. The Bertz CT molecular complexity index is 2000. The molecule has 0 spiro atoms. The van der Waals surface area contributed by atoms with Crippen molar-refractivity contribution in [2.45, 2.75) is 50.2 Å². The maximum Gasteiger partial charge on any atom is 0.407 e. The number of carbonyl (C=O) groups excluding carboxylic acids is 2. The molecule has 3 aliphatic rings. The minimum Gasteiger partial charge on any atom is -0.453 e. The van der Waals surface area contributed by atoms with E-state index in [9.17, 15) is 14.4 Å². The van der Waals surface area contributed by atoms with Crippen molar-refractivity contribution >= 4 is 51.5 Å². The number of morpholine rings is 1. The molecule has 4 aromatic heterocycles. The monoisotopic (exact) mass is 608 g/mol. The second-order valence-electron chi connectivity index (χ2n) is 11.6. The molecule has 232 valence electrons. The number of alkyl carbamates (subject to hydrolysis) is 1. The number of hydrogen-bond donors (Lipinski definition) is 3. The summed E-state index contributed by atoms with van der Waals surface area (Å²) in [4.78, 5) is 49.6. The molecule has 15 nitrogen and oxygen atoms in total. The first-order valence-electron chi connectivity index (χ1n) is 16.6. The molecule has 4 aromatic rings. The Balaban J connectivity index is 1.28. The van der Waals surface area contributed by atoms with E-state index in [2.05, 4.69) is 25.3 Å². The molecule has 0 radical (unpaired) electrons. The largest absolute Gasteiger partial charge is 0.453 e. The fourth-order valence-electron chi connectivity index (χ4n) is 6.52. The van der Waals surface area contributed by atoms with Crippen molar-refractivity contribution in [1.29, 1.82) is 0 Å². The Kier molecular flexibility index (Phi) is 5.67. The molecule has 5 heterocycles. The van der Waals surface area contributed by atoms with Crippen LogP contribution in [0.15, 0.2) is 29.2 Å². The lowest BCUT2D eigenvalue weighted by atomic mass is 10.2. The minimum atomic E-state index is -2.79. The van der Waals surface area contributed by atoms with Crippen molar-refractivity contribution < 1.29 is 24.5 Å². The zero-order valence-corrected chi connectivity index (χ0v) is 24.4. The Hall–Kier alpha value is -4.66. The number of pyridine rings is 2. The second kappa shape index (κ2) is 10.5. The van der Waals surface area contributed by atoms with Crippen molar-refractivity contribution in [2.75, 3.05) is 43.6 Å². The molecular weight excluding hydrogens is 568 g/mol. The summed E-state index contributed by atoms with van der Waals surface area (Å²) >= 11 is 0. The standard InChI is InChI=1S/C29H36N10O5/c1-16-14-29(16,26(30)40)39-24-19(25(35-39)37-8-10-44-11-9-37)6-7-22(34-24)33-23-13-20-21(15-31-23)36(2)28(42)38(20)18-5-4-17(12-18)32-27(41)43-3/h6-7,13,15-18H,4-5,8-12,14H2,1-3H3,(H2,30,40)(H,32,41)(H,31,33,34)/t16-,17+,18+,29-/m0/s1/i2D3,17D. The van der Waals surface area contributed by atoms with Gasteiger partial charge in [0.1, 0.15) is 17.2 Å². The van der Waals surface area contributed by atoms with Gasteiger partial charge in [0, 0.05) is 42.3 Å². The van der Waals surface area contributed by atoms with E-state index >= 15 is 0 Å². The van der Waals surface area contributed by atoms with E-state index in [1.165, 1.54) is 17.9 Å².